The average molecular weight is 483 g/mol. The molecule has 0 fully saturated rings. The number of benzene rings is 2. The first-order valence-corrected chi connectivity index (χ1v) is 8.75. The molecule has 0 bridgehead atoms. The molecule has 0 atom stereocenters. The van der Waals surface area contributed by atoms with Crippen LogP contribution in [0.3, 0.4) is 0 Å². The number of hydrogen-bond acceptors (Lipinski definition) is 2. The van der Waals surface area contributed by atoms with Crippen LogP contribution < -0.4 is 10.6 Å². The van der Waals surface area contributed by atoms with Crippen LogP contribution >= 0.6 is 15.9 Å². The highest BCUT2D eigenvalue weighted by Gasteiger charge is 2.43. The quantitative estimate of drug-likeness (QED) is 0.458. The molecule has 0 saturated carbocycles. The summed E-state index contributed by atoms with van der Waals surface area (Å²) in [6.07, 6.45) is -11.2. The van der Waals surface area contributed by atoms with E-state index < -0.39 is 47.4 Å². The number of hydrogen-bond donors (Lipinski definition) is 2. The Balaban J connectivity index is 2.01. The van der Waals surface area contributed by atoms with Crippen molar-refractivity contribution in [3.05, 3.63) is 63.6 Å². The minimum Gasteiger partial charge on any atom is -0.352 e. The summed E-state index contributed by atoms with van der Waals surface area (Å²) in [4.78, 5) is 23.6. The standard InChI is InChI=1S/C18H13BrF6N2O2/c19-11-3-1-10(2-4-11)9-26-15(28)8-16(29)27-12-5-6-13(17(20,21)22)14(7-12)18(23,24)25/h1-7H,8-9H2,(H,26,28)(H,27,29). The molecule has 0 aliphatic heterocycles. The molecule has 2 aromatic rings. The number of carbonyl (C=O) groups is 2. The molecule has 0 spiro atoms. The van der Waals surface area contributed by atoms with Crippen molar-refractivity contribution in [1.82, 2.24) is 5.32 Å². The van der Waals surface area contributed by atoms with Crippen LogP contribution in [0.25, 0.3) is 0 Å². The fourth-order valence-corrected chi connectivity index (χ4v) is 2.58. The van der Waals surface area contributed by atoms with Gasteiger partial charge in [0.05, 0.1) is 11.1 Å². The van der Waals surface area contributed by atoms with Crippen molar-refractivity contribution in [2.24, 2.45) is 0 Å². The summed E-state index contributed by atoms with van der Waals surface area (Å²) in [6.45, 7) is 0.123. The first-order chi connectivity index (χ1) is 13.4. The summed E-state index contributed by atoms with van der Waals surface area (Å²) in [5.41, 5.74) is -3.55. The molecule has 2 aromatic carbocycles. The lowest BCUT2D eigenvalue weighted by molar-refractivity contribution is -0.162. The van der Waals surface area contributed by atoms with E-state index in [-0.39, 0.29) is 18.7 Å². The Hall–Kier alpha value is -2.56. The summed E-state index contributed by atoms with van der Waals surface area (Å²) in [5, 5.41) is 4.45. The molecule has 0 aromatic heterocycles. The fraction of sp³-hybridized carbons (Fsp3) is 0.222. The molecule has 2 N–H and O–H groups in total. The van der Waals surface area contributed by atoms with E-state index in [1.165, 1.54) is 0 Å². The number of amides is 2. The van der Waals surface area contributed by atoms with E-state index in [9.17, 15) is 35.9 Å². The van der Waals surface area contributed by atoms with Crippen molar-refractivity contribution < 1.29 is 35.9 Å². The van der Waals surface area contributed by atoms with E-state index in [1.54, 1.807) is 24.3 Å². The highest BCUT2D eigenvalue weighted by Crippen LogP contribution is 2.41. The van der Waals surface area contributed by atoms with Gasteiger partial charge in [-0.3, -0.25) is 9.59 Å². The second kappa shape index (κ2) is 8.85. The molecule has 0 saturated heterocycles. The summed E-state index contributed by atoms with van der Waals surface area (Å²) >= 11 is 3.25. The first-order valence-electron chi connectivity index (χ1n) is 7.95. The van der Waals surface area contributed by atoms with Gasteiger partial charge in [-0.1, -0.05) is 28.1 Å². The molecule has 0 radical (unpaired) electrons. The van der Waals surface area contributed by atoms with Crippen LogP contribution in [0.1, 0.15) is 23.1 Å². The van der Waals surface area contributed by atoms with Crippen molar-refractivity contribution in [1.29, 1.82) is 0 Å². The SMILES string of the molecule is O=C(CC(=O)Nc1ccc(C(F)(F)F)c(C(F)(F)F)c1)NCc1ccc(Br)cc1. The second-order valence-corrected chi connectivity index (χ2v) is 6.80. The number of anilines is 1. The number of halogens is 7. The third kappa shape index (κ3) is 6.77. The smallest absolute Gasteiger partial charge is 0.352 e. The normalized spacial score (nSPS) is 11.8. The first kappa shape index (κ1) is 22.7. The van der Waals surface area contributed by atoms with Crippen LogP contribution in [-0.4, -0.2) is 11.8 Å². The van der Waals surface area contributed by atoms with Crippen molar-refractivity contribution in [3.8, 4) is 0 Å². The molecule has 2 amide bonds. The lowest BCUT2D eigenvalue weighted by atomic mass is 10.1. The Kier molecular flexibility index (Phi) is 6.93. The van der Waals surface area contributed by atoms with Gasteiger partial charge in [0.1, 0.15) is 6.42 Å². The fourth-order valence-electron chi connectivity index (χ4n) is 2.32. The molecule has 0 heterocycles. The largest absolute Gasteiger partial charge is 0.417 e. The molecule has 4 nitrogen and oxygen atoms in total. The summed E-state index contributed by atoms with van der Waals surface area (Å²) in [7, 11) is 0. The van der Waals surface area contributed by atoms with Gasteiger partial charge in [-0.25, -0.2) is 0 Å². The van der Waals surface area contributed by atoms with Crippen molar-refractivity contribution in [2.75, 3.05) is 5.32 Å². The third-order valence-corrected chi connectivity index (χ3v) is 4.17. The van der Waals surface area contributed by atoms with E-state index in [4.69, 9.17) is 0 Å². The highest BCUT2D eigenvalue weighted by atomic mass is 79.9. The summed E-state index contributed by atoms with van der Waals surface area (Å²) < 4.78 is 77.8. The van der Waals surface area contributed by atoms with E-state index in [0.29, 0.717) is 6.07 Å². The van der Waals surface area contributed by atoms with Crippen molar-refractivity contribution in [3.63, 3.8) is 0 Å². The highest BCUT2D eigenvalue weighted by molar-refractivity contribution is 9.10. The van der Waals surface area contributed by atoms with Crippen LogP contribution in [0.5, 0.6) is 0 Å². The molecule has 0 aliphatic rings. The zero-order valence-electron chi connectivity index (χ0n) is 14.4. The summed E-state index contributed by atoms with van der Waals surface area (Å²) in [5.74, 6) is -1.67. The average Bonchev–Trinajstić information content (AvgIpc) is 2.59. The Morgan fingerprint density at radius 2 is 1.41 bits per heavy atom. The molecule has 156 valence electrons. The minimum atomic E-state index is -5.27. The Morgan fingerprint density at radius 1 is 0.828 bits per heavy atom. The van der Waals surface area contributed by atoms with Crippen molar-refractivity contribution >= 4 is 33.4 Å². The van der Waals surface area contributed by atoms with Crippen LogP contribution in [0.4, 0.5) is 32.0 Å². The molecule has 0 unspecified atom stereocenters. The van der Waals surface area contributed by atoms with E-state index >= 15 is 0 Å². The van der Waals surface area contributed by atoms with E-state index in [2.05, 4.69) is 21.2 Å². The predicted molar refractivity (Wildman–Crippen MR) is 95.7 cm³/mol. The number of nitrogens with one attached hydrogen (secondary N) is 2. The number of carbonyl (C=O) groups excluding carboxylic acids is 2. The molecular formula is C18H13BrF6N2O2. The number of alkyl halides is 6. The van der Waals surface area contributed by atoms with E-state index in [0.717, 1.165) is 10.0 Å². The third-order valence-electron chi connectivity index (χ3n) is 3.64. The van der Waals surface area contributed by atoms with Crippen LogP contribution in [0.2, 0.25) is 0 Å². The molecular weight excluding hydrogens is 470 g/mol. The predicted octanol–water partition coefficient (Wildman–Crippen LogP) is 5.13. The van der Waals surface area contributed by atoms with Gasteiger partial charge in [0.2, 0.25) is 11.8 Å². The molecule has 11 heteroatoms. The van der Waals surface area contributed by atoms with Crippen LogP contribution in [0, 0.1) is 0 Å². The minimum absolute atomic E-state index is 0.123. The second-order valence-electron chi connectivity index (χ2n) is 5.88. The molecule has 2 rings (SSSR count). The Morgan fingerprint density at radius 3 is 1.97 bits per heavy atom. The van der Waals surface area contributed by atoms with Gasteiger partial charge in [0, 0.05) is 16.7 Å². The van der Waals surface area contributed by atoms with Gasteiger partial charge in [-0.05, 0) is 35.9 Å². The number of rotatable bonds is 5. The molecule has 0 aliphatic carbocycles. The van der Waals surface area contributed by atoms with Gasteiger partial charge in [0.15, 0.2) is 0 Å². The van der Waals surface area contributed by atoms with Gasteiger partial charge in [0.25, 0.3) is 0 Å². The lowest BCUT2D eigenvalue weighted by Gasteiger charge is -2.17. The van der Waals surface area contributed by atoms with Gasteiger partial charge >= 0.3 is 12.4 Å². The van der Waals surface area contributed by atoms with Crippen LogP contribution in [-0.2, 0) is 28.5 Å². The Labute approximate surface area is 169 Å². The van der Waals surface area contributed by atoms with E-state index in [1.807, 2.05) is 5.32 Å². The van der Waals surface area contributed by atoms with Gasteiger partial charge < -0.3 is 10.6 Å². The van der Waals surface area contributed by atoms with Gasteiger partial charge in [-0.2, -0.15) is 26.3 Å². The zero-order valence-corrected chi connectivity index (χ0v) is 16.0. The monoisotopic (exact) mass is 482 g/mol. The maximum Gasteiger partial charge on any atom is 0.417 e. The Bertz CT molecular complexity index is 895. The van der Waals surface area contributed by atoms with Crippen LogP contribution in [0.15, 0.2) is 46.9 Å². The maximum absolute atomic E-state index is 12.9. The zero-order chi connectivity index (χ0) is 21.8. The maximum atomic E-state index is 12.9. The lowest BCUT2D eigenvalue weighted by Crippen LogP contribution is -2.28. The molecule has 29 heavy (non-hydrogen) atoms. The topological polar surface area (TPSA) is 58.2 Å². The van der Waals surface area contributed by atoms with Gasteiger partial charge in [-0.15, -0.1) is 0 Å². The summed E-state index contributed by atoms with van der Waals surface area (Å²) in [6, 6.07) is 8.05. The van der Waals surface area contributed by atoms with Crippen molar-refractivity contribution in [2.45, 2.75) is 25.3 Å².